The van der Waals surface area contributed by atoms with Crippen LogP contribution in [0.25, 0.3) is 0 Å². The Kier molecular flexibility index (Phi) is 6.26. The topological polar surface area (TPSA) is 58.6 Å². The number of carbonyl (C=O) groups is 2. The van der Waals surface area contributed by atoms with E-state index >= 15 is 0 Å². The Morgan fingerprint density at radius 3 is 2.21 bits per heavy atom. The first kappa shape index (κ1) is 17.9. The Labute approximate surface area is 146 Å². The van der Waals surface area contributed by atoms with Crippen LogP contribution >= 0.6 is 11.8 Å². The molecule has 2 aromatic rings. The molecule has 2 aromatic carbocycles. The third kappa shape index (κ3) is 5.03. The summed E-state index contributed by atoms with van der Waals surface area (Å²) in [6.45, 7) is -0.321. The quantitative estimate of drug-likeness (QED) is 0.644. The van der Waals surface area contributed by atoms with E-state index in [1.807, 2.05) is 49.5 Å². The molecule has 0 bridgehead atoms. The van der Waals surface area contributed by atoms with Crippen molar-refractivity contribution in [2.45, 2.75) is 4.90 Å². The van der Waals surface area contributed by atoms with Gasteiger partial charge in [0.1, 0.15) is 0 Å². The summed E-state index contributed by atoms with van der Waals surface area (Å²) < 4.78 is 5.03. The molecule has 0 spiro atoms. The SMILES string of the molecule is CSc1ccc(C(=O)OCC(=O)Nc2ccc(N(C)C)cc2)cc1. The fourth-order valence-corrected chi connectivity index (χ4v) is 2.39. The van der Waals surface area contributed by atoms with Crippen molar-refractivity contribution in [2.75, 3.05) is 37.2 Å². The molecule has 0 heterocycles. The molecule has 5 nitrogen and oxygen atoms in total. The van der Waals surface area contributed by atoms with Crippen molar-refractivity contribution in [3.8, 4) is 0 Å². The number of anilines is 2. The molecule has 0 aromatic heterocycles. The minimum Gasteiger partial charge on any atom is -0.452 e. The number of hydrogen-bond acceptors (Lipinski definition) is 5. The molecule has 0 atom stereocenters. The highest BCUT2D eigenvalue weighted by molar-refractivity contribution is 7.98. The number of benzene rings is 2. The van der Waals surface area contributed by atoms with Crippen LogP contribution in [0.5, 0.6) is 0 Å². The smallest absolute Gasteiger partial charge is 0.338 e. The van der Waals surface area contributed by atoms with E-state index < -0.39 is 5.97 Å². The first-order valence-corrected chi connectivity index (χ1v) is 8.60. The zero-order chi connectivity index (χ0) is 17.5. The van der Waals surface area contributed by atoms with Crippen molar-refractivity contribution in [3.05, 3.63) is 54.1 Å². The molecule has 126 valence electrons. The third-order valence-corrected chi connectivity index (χ3v) is 4.07. The average Bonchev–Trinajstić information content (AvgIpc) is 2.60. The lowest BCUT2D eigenvalue weighted by Gasteiger charge is -2.13. The van der Waals surface area contributed by atoms with Gasteiger partial charge in [-0.1, -0.05) is 0 Å². The highest BCUT2D eigenvalue weighted by Gasteiger charge is 2.10. The van der Waals surface area contributed by atoms with Crippen molar-refractivity contribution in [2.24, 2.45) is 0 Å². The first-order valence-electron chi connectivity index (χ1n) is 7.38. The molecular weight excluding hydrogens is 324 g/mol. The number of thioether (sulfide) groups is 1. The standard InChI is InChI=1S/C18H20N2O3S/c1-20(2)15-8-6-14(7-9-15)19-17(21)12-23-18(22)13-4-10-16(24-3)11-5-13/h4-11H,12H2,1-3H3,(H,19,21). The van der Waals surface area contributed by atoms with Gasteiger partial charge in [-0.2, -0.15) is 0 Å². The number of nitrogens with one attached hydrogen (secondary N) is 1. The van der Waals surface area contributed by atoms with Crippen LogP contribution < -0.4 is 10.2 Å². The number of hydrogen-bond donors (Lipinski definition) is 1. The van der Waals surface area contributed by atoms with Crippen LogP contribution in [-0.4, -0.2) is 38.8 Å². The van der Waals surface area contributed by atoms with E-state index in [0.717, 1.165) is 10.6 Å². The number of esters is 1. The minimum absolute atomic E-state index is 0.321. The number of nitrogens with zero attached hydrogens (tertiary/aromatic N) is 1. The van der Waals surface area contributed by atoms with Gasteiger partial charge in [-0.05, 0) is 54.8 Å². The summed E-state index contributed by atoms with van der Waals surface area (Å²) in [4.78, 5) is 26.8. The largest absolute Gasteiger partial charge is 0.452 e. The van der Waals surface area contributed by atoms with Crippen LogP contribution in [0.4, 0.5) is 11.4 Å². The average molecular weight is 344 g/mol. The first-order chi connectivity index (χ1) is 11.5. The monoisotopic (exact) mass is 344 g/mol. The molecule has 24 heavy (non-hydrogen) atoms. The van der Waals surface area contributed by atoms with E-state index in [2.05, 4.69) is 5.32 Å². The molecule has 6 heteroatoms. The molecule has 2 rings (SSSR count). The molecule has 1 amide bonds. The lowest BCUT2D eigenvalue weighted by Crippen LogP contribution is -2.21. The maximum absolute atomic E-state index is 11.9. The van der Waals surface area contributed by atoms with Crippen molar-refractivity contribution in [1.82, 2.24) is 0 Å². The van der Waals surface area contributed by atoms with Crippen LogP contribution in [0.15, 0.2) is 53.4 Å². The maximum Gasteiger partial charge on any atom is 0.338 e. The summed E-state index contributed by atoms with van der Waals surface area (Å²) in [5.41, 5.74) is 2.12. The second kappa shape index (κ2) is 8.40. The molecule has 0 fully saturated rings. The molecule has 0 aliphatic rings. The van der Waals surface area contributed by atoms with Crippen LogP contribution in [0.1, 0.15) is 10.4 Å². The molecule has 0 aliphatic carbocycles. The molecule has 0 unspecified atom stereocenters. The Balaban J connectivity index is 1.84. The van der Waals surface area contributed by atoms with Gasteiger partial charge in [0.2, 0.25) is 0 Å². The fraction of sp³-hybridized carbons (Fsp3) is 0.222. The van der Waals surface area contributed by atoms with Gasteiger partial charge >= 0.3 is 5.97 Å². The van der Waals surface area contributed by atoms with Gasteiger partial charge < -0.3 is 15.0 Å². The van der Waals surface area contributed by atoms with Gasteiger partial charge in [0.05, 0.1) is 5.56 Å². The van der Waals surface area contributed by atoms with Crippen molar-refractivity contribution < 1.29 is 14.3 Å². The Hall–Kier alpha value is -2.47. The van der Waals surface area contributed by atoms with Gasteiger partial charge in [-0.25, -0.2) is 4.79 Å². The molecule has 1 N–H and O–H groups in total. The predicted octanol–water partition coefficient (Wildman–Crippen LogP) is 3.27. The van der Waals surface area contributed by atoms with E-state index in [4.69, 9.17) is 4.74 Å². The number of carbonyl (C=O) groups excluding carboxylic acids is 2. The molecule has 0 saturated heterocycles. The summed E-state index contributed by atoms with van der Waals surface area (Å²) in [6, 6.07) is 14.5. The highest BCUT2D eigenvalue weighted by atomic mass is 32.2. The van der Waals surface area contributed by atoms with Gasteiger partial charge in [0.15, 0.2) is 6.61 Å². The van der Waals surface area contributed by atoms with E-state index in [-0.39, 0.29) is 12.5 Å². The molecule has 0 saturated carbocycles. The van der Waals surface area contributed by atoms with Gasteiger partial charge in [0.25, 0.3) is 5.91 Å². The van der Waals surface area contributed by atoms with Gasteiger partial charge in [0, 0.05) is 30.4 Å². The van der Waals surface area contributed by atoms with Crippen LogP contribution in [0.3, 0.4) is 0 Å². The summed E-state index contributed by atoms with van der Waals surface area (Å²) in [5, 5.41) is 2.70. The van der Waals surface area contributed by atoms with Crippen LogP contribution in [0.2, 0.25) is 0 Å². The molecule has 0 radical (unpaired) electrons. The van der Waals surface area contributed by atoms with Crippen LogP contribution in [-0.2, 0) is 9.53 Å². The molecule has 0 aliphatic heterocycles. The van der Waals surface area contributed by atoms with Gasteiger partial charge in [-0.15, -0.1) is 11.8 Å². The second-order valence-corrected chi connectivity index (χ2v) is 6.17. The second-order valence-electron chi connectivity index (χ2n) is 5.29. The van der Waals surface area contributed by atoms with Crippen molar-refractivity contribution in [3.63, 3.8) is 0 Å². The Morgan fingerprint density at radius 1 is 1.04 bits per heavy atom. The van der Waals surface area contributed by atoms with E-state index in [0.29, 0.717) is 11.3 Å². The van der Waals surface area contributed by atoms with Gasteiger partial charge in [-0.3, -0.25) is 4.79 Å². The van der Waals surface area contributed by atoms with E-state index in [9.17, 15) is 9.59 Å². The Bertz CT molecular complexity index is 697. The lowest BCUT2D eigenvalue weighted by atomic mass is 10.2. The number of amides is 1. The predicted molar refractivity (Wildman–Crippen MR) is 97.9 cm³/mol. The van der Waals surface area contributed by atoms with Crippen molar-refractivity contribution >= 4 is 35.0 Å². The normalized spacial score (nSPS) is 10.1. The highest BCUT2D eigenvalue weighted by Crippen LogP contribution is 2.16. The summed E-state index contributed by atoms with van der Waals surface area (Å²) in [5.74, 6) is -0.887. The summed E-state index contributed by atoms with van der Waals surface area (Å²) in [7, 11) is 3.89. The zero-order valence-electron chi connectivity index (χ0n) is 13.9. The zero-order valence-corrected chi connectivity index (χ0v) is 14.7. The maximum atomic E-state index is 11.9. The third-order valence-electron chi connectivity index (χ3n) is 3.33. The summed E-state index contributed by atoms with van der Waals surface area (Å²) >= 11 is 1.59. The fourth-order valence-electron chi connectivity index (χ4n) is 1.98. The minimum atomic E-state index is -0.513. The summed E-state index contributed by atoms with van der Waals surface area (Å²) in [6.07, 6.45) is 1.96. The Morgan fingerprint density at radius 2 is 1.67 bits per heavy atom. The van der Waals surface area contributed by atoms with E-state index in [1.54, 1.807) is 36.0 Å². The van der Waals surface area contributed by atoms with Crippen molar-refractivity contribution in [1.29, 1.82) is 0 Å². The number of rotatable bonds is 6. The van der Waals surface area contributed by atoms with E-state index in [1.165, 1.54) is 0 Å². The lowest BCUT2D eigenvalue weighted by molar-refractivity contribution is -0.119. The number of ether oxygens (including phenoxy) is 1. The van der Waals surface area contributed by atoms with Crippen LogP contribution in [0, 0.1) is 0 Å². The molecular formula is C18H20N2O3S.